The van der Waals surface area contributed by atoms with Gasteiger partial charge < -0.3 is 9.64 Å². The lowest BCUT2D eigenvalue weighted by molar-refractivity contribution is -0.122. The molecule has 0 aliphatic carbocycles. The maximum absolute atomic E-state index is 12.4. The summed E-state index contributed by atoms with van der Waals surface area (Å²) in [5, 5.41) is 0. The molecular formula is C21H16N2O5. The highest BCUT2D eigenvalue weighted by atomic mass is 16.5. The van der Waals surface area contributed by atoms with Gasteiger partial charge >= 0.3 is 5.97 Å². The number of anilines is 2. The van der Waals surface area contributed by atoms with Crippen LogP contribution < -0.4 is 9.80 Å². The first-order valence-electron chi connectivity index (χ1n) is 8.76. The molecule has 28 heavy (non-hydrogen) atoms. The number of imide groups is 1. The third-order valence-electron chi connectivity index (χ3n) is 4.66. The summed E-state index contributed by atoms with van der Waals surface area (Å²) in [6.45, 7) is 0.165. The second-order valence-corrected chi connectivity index (χ2v) is 6.40. The Morgan fingerprint density at radius 3 is 2.50 bits per heavy atom. The Balaban J connectivity index is 1.42. The summed E-state index contributed by atoms with van der Waals surface area (Å²) in [4.78, 5) is 50.9. The van der Waals surface area contributed by atoms with Gasteiger partial charge in [-0.2, -0.15) is 0 Å². The predicted molar refractivity (Wildman–Crippen MR) is 101 cm³/mol. The van der Waals surface area contributed by atoms with Crippen LogP contribution in [0.4, 0.5) is 11.4 Å². The highest BCUT2D eigenvalue weighted by Gasteiger charge is 2.27. The first kappa shape index (κ1) is 17.7. The average Bonchev–Trinajstić information content (AvgIpc) is 3.29. The molecule has 0 saturated carbocycles. The van der Waals surface area contributed by atoms with Crippen molar-refractivity contribution in [2.75, 3.05) is 23.0 Å². The number of hydrogen-bond acceptors (Lipinski definition) is 5. The molecule has 0 unspecified atom stereocenters. The minimum absolute atomic E-state index is 0.152. The lowest BCUT2D eigenvalue weighted by atomic mass is 10.2. The minimum Gasteiger partial charge on any atom is -0.452 e. The van der Waals surface area contributed by atoms with Crippen molar-refractivity contribution in [1.29, 1.82) is 0 Å². The van der Waals surface area contributed by atoms with E-state index in [0.717, 1.165) is 22.6 Å². The zero-order chi connectivity index (χ0) is 19.7. The van der Waals surface area contributed by atoms with Gasteiger partial charge in [0.1, 0.15) is 0 Å². The van der Waals surface area contributed by atoms with E-state index in [1.165, 1.54) is 24.3 Å². The molecule has 140 valence electrons. The molecule has 0 bridgehead atoms. The summed E-state index contributed by atoms with van der Waals surface area (Å²) in [7, 11) is 0. The van der Waals surface area contributed by atoms with Gasteiger partial charge in [0, 0.05) is 24.4 Å². The fraction of sp³-hybridized carbons (Fsp3) is 0.143. The zero-order valence-corrected chi connectivity index (χ0v) is 14.8. The van der Waals surface area contributed by atoms with Crippen molar-refractivity contribution < 1.29 is 23.9 Å². The highest BCUT2D eigenvalue weighted by Crippen LogP contribution is 2.27. The molecule has 2 aliphatic heterocycles. The lowest BCUT2D eigenvalue weighted by Crippen LogP contribution is -2.33. The van der Waals surface area contributed by atoms with Crippen LogP contribution in [0.25, 0.3) is 0 Å². The van der Waals surface area contributed by atoms with Gasteiger partial charge in [-0.05, 0) is 36.2 Å². The molecule has 0 fully saturated rings. The van der Waals surface area contributed by atoms with E-state index in [4.69, 9.17) is 4.74 Å². The molecule has 7 nitrogen and oxygen atoms in total. The number of ether oxygens (including phenoxy) is 1. The Hall–Kier alpha value is -3.74. The summed E-state index contributed by atoms with van der Waals surface area (Å²) in [6, 6.07) is 13.6. The smallest absolute Gasteiger partial charge is 0.338 e. The van der Waals surface area contributed by atoms with Crippen molar-refractivity contribution in [1.82, 2.24) is 0 Å². The van der Waals surface area contributed by atoms with Crippen molar-refractivity contribution in [2.24, 2.45) is 0 Å². The quantitative estimate of drug-likeness (QED) is 0.601. The van der Waals surface area contributed by atoms with Gasteiger partial charge in [-0.15, -0.1) is 0 Å². The number of esters is 1. The van der Waals surface area contributed by atoms with Crippen LogP contribution in [0.2, 0.25) is 0 Å². The molecule has 0 spiro atoms. The molecule has 7 heteroatoms. The monoisotopic (exact) mass is 376 g/mol. The third kappa shape index (κ3) is 3.18. The largest absolute Gasteiger partial charge is 0.452 e. The van der Waals surface area contributed by atoms with Crippen molar-refractivity contribution >= 4 is 35.1 Å². The van der Waals surface area contributed by atoms with Crippen molar-refractivity contribution in [3.63, 3.8) is 0 Å². The maximum Gasteiger partial charge on any atom is 0.338 e. The topological polar surface area (TPSA) is 84.0 Å². The van der Waals surface area contributed by atoms with Gasteiger partial charge in [-0.3, -0.25) is 14.4 Å². The Morgan fingerprint density at radius 1 is 0.964 bits per heavy atom. The van der Waals surface area contributed by atoms with E-state index in [1.807, 2.05) is 24.3 Å². The van der Waals surface area contributed by atoms with Gasteiger partial charge in [0.2, 0.25) is 0 Å². The van der Waals surface area contributed by atoms with Gasteiger partial charge in [-0.1, -0.05) is 24.3 Å². The SMILES string of the molecule is O=C(OCC(=O)N1CCc2ccccc21)c1cccc(N2C(=O)C=CC2=O)c1. The Morgan fingerprint density at radius 2 is 1.71 bits per heavy atom. The number of para-hydroxylation sites is 1. The van der Waals surface area contributed by atoms with Crippen LogP contribution in [0, 0.1) is 0 Å². The molecule has 4 rings (SSSR count). The van der Waals surface area contributed by atoms with Crippen molar-refractivity contribution in [3.8, 4) is 0 Å². The molecule has 2 heterocycles. The van der Waals surface area contributed by atoms with E-state index in [0.29, 0.717) is 6.54 Å². The van der Waals surface area contributed by atoms with Crippen LogP contribution in [-0.2, 0) is 25.5 Å². The number of hydrogen-bond donors (Lipinski definition) is 0. The first-order chi connectivity index (χ1) is 13.5. The van der Waals surface area contributed by atoms with Crippen molar-refractivity contribution in [2.45, 2.75) is 6.42 Å². The number of nitrogens with zero attached hydrogens (tertiary/aromatic N) is 2. The number of rotatable bonds is 4. The number of benzene rings is 2. The zero-order valence-electron chi connectivity index (χ0n) is 14.8. The van der Waals surface area contributed by atoms with Crippen LogP contribution in [0.15, 0.2) is 60.7 Å². The summed E-state index contributed by atoms with van der Waals surface area (Å²) < 4.78 is 5.15. The van der Waals surface area contributed by atoms with Crippen LogP contribution in [-0.4, -0.2) is 36.8 Å². The average molecular weight is 376 g/mol. The molecule has 0 aromatic heterocycles. The number of carbonyl (C=O) groups excluding carboxylic acids is 4. The number of fused-ring (bicyclic) bond motifs is 1. The minimum atomic E-state index is -0.699. The van der Waals surface area contributed by atoms with Gasteiger partial charge in [0.05, 0.1) is 11.3 Å². The molecule has 0 N–H and O–H groups in total. The van der Waals surface area contributed by atoms with E-state index >= 15 is 0 Å². The lowest BCUT2D eigenvalue weighted by Gasteiger charge is -2.17. The van der Waals surface area contributed by atoms with Crippen molar-refractivity contribution in [3.05, 3.63) is 71.8 Å². The second-order valence-electron chi connectivity index (χ2n) is 6.40. The molecular weight excluding hydrogens is 360 g/mol. The third-order valence-corrected chi connectivity index (χ3v) is 4.66. The van der Waals surface area contributed by atoms with Crippen LogP contribution in [0.3, 0.4) is 0 Å². The Bertz CT molecular complexity index is 1010. The summed E-state index contributed by atoms with van der Waals surface area (Å²) in [5.74, 6) is -1.95. The van der Waals surface area contributed by atoms with E-state index in [9.17, 15) is 19.2 Å². The molecule has 2 aromatic carbocycles. The molecule has 2 aromatic rings. The van der Waals surface area contributed by atoms with Crippen LogP contribution >= 0.6 is 0 Å². The Kier molecular flexibility index (Phi) is 4.49. The molecule has 0 saturated heterocycles. The molecule has 3 amide bonds. The fourth-order valence-electron chi connectivity index (χ4n) is 3.31. The second kappa shape index (κ2) is 7.11. The first-order valence-corrected chi connectivity index (χ1v) is 8.76. The summed E-state index contributed by atoms with van der Waals surface area (Å²) in [6.07, 6.45) is 3.10. The molecule has 0 radical (unpaired) electrons. The van der Waals surface area contributed by atoms with E-state index in [2.05, 4.69) is 0 Å². The Labute approximate surface area is 160 Å². The predicted octanol–water partition coefficient (Wildman–Crippen LogP) is 1.86. The van der Waals surface area contributed by atoms with E-state index in [1.54, 1.807) is 17.0 Å². The fourth-order valence-corrected chi connectivity index (χ4v) is 3.31. The standard InChI is InChI=1S/C21H16N2O5/c24-18-8-9-19(25)23(18)16-6-3-5-15(12-16)21(27)28-13-20(26)22-11-10-14-4-1-2-7-17(14)22/h1-9,12H,10-11,13H2. The van der Waals surface area contributed by atoms with E-state index in [-0.39, 0.29) is 23.8 Å². The molecule has 2 aliphatic rings. The van der Waals surface area contributed by atoms with Crippen LogP contribution in [0.5, 0.6) is 0 Å². The summed E-state index contributed by atoms with van der Waals surface area (Å²) in [5.41, 5.74) is 2.35. The van der Waals surface area contributed by atoms with Gasteiger partial charge in [-0.25, -0.2) is 9.69 Å². The van der Waals surface area contributed by atoms with E-state index < -0.39 is 17.8 Å². The molecule has 0 atom stereocenters. The highest BCUT2D eigenvalue weighted by molar-refractivity contribution is 6.28. The van der Waals surface area contributed by atoms with Crippen LogP contribution in [0.1, 0.15) is 15.9 Å². The summed E-state index contributed by atoms with van der Waals surface area (Å²) >= 11 is 0. The number of carbonyl (C=O) groups is 4. The normalized spacial score (nSPS) is 15.1. The van der Waals surface area contributed by atoms with Gasteiger partial charge in [0.25, 0.3) is 17.7 Å². The maximum atomic E-state index is 12.4. The number of amides is 3. The van der Waals surface area contributed by atoms with Gasteiger partial charge in [0.15, 0.2) is 6.61 Å².